The van der Waals surface area contributed by atoms with Crippen LogP contribution in [0.4, 0.5) is 0 Å². The van der Waals surface area contributed by atoms with Crippen LogP contribution in [0, 0.1) is 6.92 Å². The molecule has 25 heavy (non-hydrogen) atoms. The van der Waals surface area contributed by atoms with Gasteiger partial charge in [-0.3, -0.25) is 4.79 Å². The molecule has 0 spiro atoms. The van der Waals surface area contributed by atoms with E-state index in [0.717, 1.165) is 11.1 Å². The summed E-state index contributed by atoms with van der Waals surface area (Å²) in [6, 6.07) is 13.2. The number of rotatable bonds is 4. The zero-order valence-electron chi connectivity index (χ0n) is 14.7. The number of carbonyl (C=O) groups is 1. The van der Waals surface area contributed by atoms with Gasteiger partial charge in [-0.1, -0.05) is 42.8 Å². The minimum Gasteiger partial charge on any atom is -0.504 e. The lowest BCUT2D eigenvalue weighted by molar-refractivity contribution is -0.132. The van der Waals surface area contributed by atoms with Crippen molar-refractivity contribution in [1.29, 1.82) is 0 Å². The molecule has 2 aromatic rings. The number of hydrogen-bond acceptors (Lipinski definition) is 4. The Morgan fingerprint density at radius 1 is 1.32 bits per heavy atom. The maximum atomic E-state index is 12.4. The van der Waals surface area contributed by atoms with Gasteiger partial charge in [-0.05, 0) is 24.6 Å². The van der Waals surface area contributed by atoms with Gasteiger partial charge in [-0.2, -0.15) is 5.10 Å². The maximum Gasteiger partial charge on any atom is 0.242 e. The first-order valence-corrected chi connectivity index (χ1v) is 8.37. The molecule has 0 bridgehead atoms. The second-order valence-corrected chi connectivity index (χ2v) is 6.13. The SMILES string of the molecule is CCC(=O)N1N=C(c2cccc(OC)c2O)C[C@H]1c1cccc(C)c1. The molecular weight excluding hydrogens is 316 g/mol. The van der Waals surface area contributed by atoms with E-state index < -0.39 is 0 Å². The average molecular weight is 338 g/mol. The Balaban J connectivity index is 2.01. The summed E-state index contributed by atoms with van der Waals surface area (Å²) in [4.78, 5) is 12.4. The number of para-hydroxylation sites is 1. The summed E-state index contributed by atoms with van der Waals surface area (Å²) in [6.45, 7) is 3.85. The molecule has 0 aromatic heterocycles. The van der Waals surface area contributed by atoms with Crippen molar-refractivity contribution in [1.82, 2.24) is 5.01 Å². The summed E-state index contributed by atoms with van der Waals surface area (Å²) in [6.07, 6.45) is 0.930. The van der Waals surface area contributed by atoms with Crippen LogP contribution < -0.4 is 4.74 Å². The lowest BCUT2D eigenvalue weighted by Gasteiger charge is -2.21. The number of phenols is 1. The van der Waals surface area contributed by atoms with Gasteiger partial charge in [0.2, 0.25) is 5.91 Å². The van der Waals surface area contributed by atoms with Crippen LogP contribution in [-0.4, -0.2) is 28.8 Å². The predicted molar refractivity (Wildman–Crippen MR) is 96.9 cm³/mol. The molecule has 5 heteroatoms. The second kappa shape index (κ2) is 6.97. The van der Waals surface area contributed by atoms with E-state index in [-0.39, 0.29) is 17.7 Å². The standard InChI is InChI=1S/C20H22N2O3/c1-4-19(23)22-17(14-8-5-7-13(2)11-14)12-16(21-22)15-9-6-10-18(25-3)20(15)24/h5-11,17,24H,4,12H2,1-3H3/t17-/m0/s1. The topological polar surface area (TPSA) is 62.1 Å². The van der Waals surface area contributed by atoms with E-state index in [1.165, 1.54) is 7.11 Å². The molecule has 0 unspecified atom stereocenters. The molecular formula is C20H22N2O3. The number of methoxy groups -OCH3 is 1. The van der Waals surface area contributed by atoms with E-state index >= 15 is 0 Å². The maximum absolute atomic E-state index is 12.4. The number of hydrazone groups is 1. The second-order valence-electron chi connectivity index (χ2n) is 6.13. The Bertz CT molecular complexity index is 829. The molecule has 0 saturated heterocycles. The van der Waals surface area contributed by atoms with Gasteiger partial charge in [0.1, 0.15) is 0 Å². The van der Waals surface area contributed by atoms with Gasteiger partial charge in [0.15, 0.2) is 11.5 Å². The molecule has 1 N–H and O–H groups in total. The number of aryl methyl sites for hydroxylation is 1. The summed E-state index contributed by atoms with van der Waals surface area (Å²) in [5, 5.41) is 16.5. The van der Waals surface area contributed by atoms with Crippen molar-refractivity contribution in [2.45, 2.75) is 32.7 Å². The first-order valence-electron chi connectivity index (χ1n) is 8.37. The highest BCUT2D eigenvalue weighted by Gasteiger charge is 2.33. The van der Waals surface area contributed by atoms with E-state index in [2.05, 4.69) is 11.2 Å². The molecule has 2 aromatic carbocycles. The van der Waals surface area contributed by atoms with E-state index in [0.29, 0.717) is 29.9 Å². The monoisotopic (exact) mass is 338 g/mol. The van der Waals surface area contributed by atoms with Crippen LogP contribution >= 0.6 is 0 Å². The van der Waals surface area contributed by atoms with Gasteiger partial charge in [0.05, 0.1) is 18.9 Å². The van der Waals surface area contributed by atoms with Gasteiger partial charge in [0, 0.05) is 18.4 Å². The largest absolute Gasteiger partial charge is 0.504 e. The number of hydrogen-bond donors (Lipinski definition) is 1. The summed E-state index contributed by atoms with van der Waals surface area (Å²) < 4.78 is 5.18. The number of aromatic hydroxyl groups is 1. The molecule has 5 nitrogen and oxygen atoms in total. The Kier molecular flexibility index (Phi) is 4.74. The first kappa shape index (κ1) is 17.0. The first-order chi connectivity index (χ1) is 12.0. The highest BCUT2D eigenvalue weighted by molar-refractivity contribution is 6.05. The molecule has 0 aliphatic carbocycles. The van der Waals surface area contributed by atoms with Gasteiger partial charge in [-0.15, -0.1) is 0 Å². The third-order valence-corrected chi connectivity index (χ3v) is 4.43. The number of benzene rings is 2. The Morgan fingerprint density at radius 3 is 2.76 bits per heavy atom. The summed E-state index contributed by atoms with van der Waals surface area (Å²) in [5.41, 5.74) is 3.47. The van der Waals surface area contributed by atoms with Crippen molar-refractivity contribution in [3.63, 3.8) is 0 Å². The van der Waals surface area contributed by atoms with Crippen LogP contribution in [-0.2, 0) is 4.79 Å². The van der Waals surface area contributed by atoms with Crippen LogP contribution in [0.3, 0.4) is 0 Å². The fourth-order valence-electron chi connectivity index (χ4n) is 3.12. The zero-order chi connectivity index (χ0) is 18.0. The van der Waals surface area contributed by atoms with Crippen LogP contribution in [0.15, 0.2) is 47.6 Å². The van der Waals surface area contributed by atoms with Crippen molar-refractivity contribution in [3.05, 3.63) is 59.2 Å². The smallest absolute Gasteiger partial charge is 0.242 e. The Labute approximate surface area is 147 Å². The molecule has 1 heterocycles. The van der Waals surface area contributed by atoms with Gasteiger partial charge in [-0.25, -0.2) is 5.01 Å². The summed E-state index contributed by atoms with van der Waals surface area (Å²) in [7, 11) is 1.51. The number of carbonyl (C=O) groups excluding carboxylic acids is 1. The van der Waals surface area contributed by atoms with E-state index in [9.17, 15) is 9.90 Å². The van der Waals surface area contributed by atoms with Crippen molar-refractivity contribution in [2.24, 2.45) is 5.10 Å². The Morgan fingerprint density at radius 2 is 2.08 bits per heavy atom. The number of nitrogens with zero attached hydrogens (tertiary/aromatic N) is 2. The van der Waals surface area contributed by atoms with Gasteiger partial charge in [0.25, 0.3) is 0 Å². The zero-order valence-corrected chi connectivity index (χ0v) is 14.7. The van der Waals surface area contributed by atoms with Crippen LogP contribution in [0.1, 0.15) is 42.5 Å². The number of ether oxygens (including phenoxy) is 1. The fourth-order valence-corrected chi connectivity index (χ4v) is 3.12. The van der Waals surface area contributed by atoms with Gasteiger partial charge < -0.3 is 9.84 Å². The predicted octanol–water partition coefficient (Wildman–Crippen LogP) is 3.80. The third kappa shape index (κ3) is 3.22. The minimum absolute atomic E-state index is 0.0381. The third-order valence-electron chi connectivity index (χ3n) is 4.43. The average Bonchev–Trinajstić information content (AvgIpc) is 3.06. The molecule has 1 atom stereocenters. The molecule has 1 aliphatic rings. The van der Waals surface area contributed by atoms with Crippen molar-refractivity contribution < 1.29 is 14.6 Å². The summed E-state index contributed by atoms with van der Waals surface area (Å²) in [5.74, 6) is 0.411. The van der Waals surface area contributed by atoms with Crippen LogP contribution in [0.5, 0.6) is 11.5 Å². The van der Waals surface area contributed by atoms with Crippen LogP contribution in [0.25, 0.3) is 0 Å². The number of phenolic OH excluding ortho intramolecular Hbond substituents is 1. The molecule has 1 aliphatic heterocycles. The Hall–Kier alpha value is -2.82. The molecule has 1 amide bonds. The highest BCUT2D eigenvalue weighted by atomic mass is 16.5. The van der Waals surface area contributed by atoms with E-state index in [1.807, 2.05) is 38.1 Å². The van der Waals surface area contributed by atoms with Crippen LogP contribution in [0.2, 0.25) is 0 Å². The van der Waals surface area contributed by atoms with Crippen molar-refractivity contribution >= 4 is 11.6 Å². The van der Waals surface area contributed by atoms with E-state index in [1.54, 1.807) is 17.1 Å². The van der Waals surface area contributed by atoms with Crippen molar-refractivity contribution in [3.8, 4) is 11.5 Å². The fraction of sp³-hybridized carbons (Fsp3) is 0.300. The van der Waals surface area contributed by atoms with Gasteiger partial charge >= 0.3 is 0 Å². The molecule has 0 saturated carbocycles. The molecule has 130 valence electrons. The van der Waals surface area contributed by atoms with E-state index in [4.69, 9.17) is 4.74 Å². The summed E-state index contributed by atoms with van der Waals surface area (Å²) >= 11 is 0. The quantitative estimate of drug-likeness (QED) is 0.922. The van der Waals surface area contributed by atoms with Crippen molar-refractivity contribution in [2.75, 3.05) is 7.11 Å². The molecule has 0 radical (unpaired) electrons. The minimum atomic E-state index is -0.159. The lowest BCUT2D eigenvalue weighted by atomic mass is 9.96. The lowest BCUT2D eigenvalue weighted by Crippen LogP contribution is -2.26. The normalized spacial score (nSPS) is 16.7. The highest BCUT2D eigenvalue weighted by Crippen LogP contribution is 2.38. The number of amides is 1. The molecule has 3 rings (SSSR count). The molecule has 0 fully saturated rings.